The normalized spacial score (nSPS) is 15.8. The number of rotatable bonds is 9. The van der Waals surface area contributed by atoms with Crippen molar-refractivity contribution in [1.82, 2.24) is 20.4 Å². The minimum Gasteiger partial charge on any atom is -0.497 e. The molecule has 1 unspecified atom stereocenters. The van der Waals surface area contributed by atoms with E-state index in [1.807, 2.05) is 30.3 Å². The quantitative estimate of drug-likeness (QED) is 0.531. The third-order valence-corrected chi connectivity index (χ3v) is 6.23. The van der Waals surface area contributed by atoms with E-state index in [9.17, 15) is 4.79 Å². The number of ether oxygens (including phenoxy) is 1. The average molecular weight is 449 g/mol. The van der Waals surface area contributed by atoms with Crippen molar-refractivity contribution < 1.29 is 14.1 Å². The molecule has 2 aromatic carbocycles. The van der Waals surface area contributed by atoms with Crippen molar-refractivity contribution in [2.75, 3.05) is 20.2 Å². The summed E-state index contributed by atoms with van der Waals surface area (Å²) in [4.78, 5) is 19.5. The summed E-state index contributed by atoms with van der Waals surface area (Å²) in [6.45, 7) is 4.38. The molecule has 7 nitrogen and oxygen atoms in total. The fourth-order valence-electron chi connectivity index (χ4n) is 4.18. The highest BCUT2D eigenvalue weighted by molar-refractivity contribution is 5.79. The van der Waals surface area contributed by atoms with E-state index in [1.54, 1.807) is 7.11 Å². The van der Waals surface area contributed by atoms with Crippen molar-refractivity contribution in [3.63, 3.8) is 0 Å². The van der Waals surface area contributed by atoms with E-state index < -0.39 is 0 Å². The molecule has 0 aliphatic carbocycles. The maximum Gasteiger partial charge on any atom is 0.241 e. The van der Waals surface area contributed by atoms with E-state index in [2.05, 4.69) is 51.5 Å². The van der Waals surface area contributed by atoms with E-state index >= 15 is 0 Å². The summed E-state index contributed by atoms with van der Waals surface area (Å²) in [6.07, 6.45) is 3.61. The van der Waals surface area contributed by atoms with Crippen molar-refractivity contribution in [2.45, 2.75) is 45.2 Å². The van der Waals surface area contributed by atoms with Crippen LogP contribution >= 0.6 is 0 Å². The number of piperidine rings is 1. The molecule has 2 heterocycles. The van der Waals surface area contributed by atoms with E-state index in [4.69, 9.17) is 9.26 Å². The maximum absolute atomic E-state index is 12.7. The lowest BCUT2D eigenvalue weighted by Crippen LogP contribution is -2.43. The highest BCUT2D eigenvalue weighted by Crippen LogP contribution is 2.22. The lowest BCUT2D eigenvalue weighted by atomic mass is 9.95. The highest BCUT2D eigenvalue weighted by Gasteiger charge is 2.26. The van der Waals surface area contributed by atoms with E-state index in [0.29, 0.717) is 18.3 Å². The van der Waals surface area contributed by atoms with Gasteiger partial charge in [-0.3, -0.25) is 9.69 Å². The van der Waals surface area contributed by atoms with Gasteiger partial charge in [0, 0.05) is 17.5 Å². The number of carbonyl (C=O) groups is 1. The SMILES string of the molecule is COc1ccc(-c2noc(CN3CCC(C(=O)NC(C)CCc4ccccc4)CC3)n2)cc1. The molecule has 0 bridgehead atoms. The molecular formula is C26H32N4O3. The van der Waals surface area contributed by atoms with Crippen LogP contribution in [0.1, 0.15) is 37.6 Å². The fourth-order valence-corrected chi connectivity index (χ4v) is 4.18. The number of benzene rings is 2. The van der Waals surface area contributed by atoms with Gasteiger partial charge in [-0.05, 0) is 75.5 Å². The third-order valence-electron chi connectivity index (χ3n) is 6.23. The smallest absolute Gasteiger partial charge is 0.241 e. The van der Waals surface area contributed by atoms with E-state index in [1.165, 1.54) is 5.56 Å². The number of carbonyl (C=O) groups excluding carboxylic acids is 1. The van der Waals surface area contributed by atoms with Gasteiger partial charge >= 0.3 is 0 Å². The van der Waals surface area contributed by atoms with Gasteiger partial charge < -0.3 is 14.6 Å². The van der Waals surface area contributed by atoms with Gasteiger partial charge in [-0.15, -0.1) is 0 Å². The second-order valence-corrected chi connectivity index (χ2v) is 8.72. The molecule has 7 heteroatoms. The van der Waals surface area contributed by atoms with Gasteiger partial charge in [0.1, 0.15) is 5.75 Å². The molecule has 1 aliphatic rings. The molecule has 4 rings (SSSR count). The van der Waals surface area contributed by atoms with Crippen LogP contribution in [0.3, 0.4) is 0 Å². The molecular weight excluding hydrogens is 416 g/mol. The summed E-state index contributed by atoms with van der Waals surface area (Å²) in [6, 6.07) is 18.2. The van der Waals surface area contributed by atoms with Crippen LogP contribution in [0.15, 0.2) is 59.1 Å². The Kier molecular flexibility index (Phi) is 7.73. The van der Waals surface area contributed by atoms with Gasteiger partial charge in [-0.2, -0.15) is 4.98 Å². The third kappa shape index (κ3) is 6.42. The van der Waals surface area contributed by atoms with Crippen LogP contribution in [-0.4, -0.2) is 47.2 Å². The number of likely N-dealkylation sites (tertiary alicyclic amines) is 1. The molecule has 1 atom stereocenters. The standard InChI is InChI=1S/C26H32N4O3/c1-19(8-9-20-6-4-3-5-7-20)27-26(31)22-14-16-30(17-15-22)18-24-28-25(29-33-24)21-10-12-23(32-2)13-11-21/h3-7,10-13,19,22H,8-9,14-18H2,1-2H3,(H,27,31). The zero-order chi connectivity index (χ0) is 23.0. The van der Waals surface area contributed by atoms with Crippen molar-refractivity contribution in [2.24, 2.45) is 5.92 Å². The summed E-state index contributed by atoms with van der Waals surface area (Å²) in [5.74, 6) is 2.21. The second-order valence-electron chi connectivity index (χ2n) is 8.72. The monoisotopic (exact) mass is 448 g/mol. The molecule has 1 aliphatic heterocycles. The van der Waals surface area contributed by atoms with E-state index in [-0.39, 0.29) is 17.9 Å². The fraction of sp³-hybridized carbons (Fsp3) is 0.423. The van der Waals surface area contributed by atoms with Crippen LogP contribution in [0, 0.1) is 5.92 Å². The Morgan fingerprint density at radius 3 is 2.58 bits per heavy atom. The first kappa shape index (κ1) is 23.0. The number of nitrogens with one attached hydrogen (secondary N) is 1. The van der Waals surface area contributed by atoms with Crippen molar-refractivity contribution in [3.8, 4) is 17.1 Å². The highest BCUT2D eigenvalue weighted by atomic mass is 16.5. The van der Waals surface area contributed by atoms with Gasteiger partial charge in [0.25, 0.3) is 0 Å². The van der Waals surface area contributed by atoms with Crippen molar-refractivity contribution >= 4 is 5.91 Å². The van der Waals surface area contributed by atoms with Crippen LogP contribution < -0.4 is 10.1 Å². The molecule has 0 saturated carbocycles. The number of hydrogen-bond donors (Lipinski definition) is 1. The summed E-state index contributed by atoms with van der Waals surface area (Å²) < 4.78 is 10.6. The predicted octanol–water partition coefficient (Wildman–Crippen LogP) is 4.09. The van der Waals surface area contributed by atoms with Crippen molar-refractivity contribution in [1.29, 1.82) is 0 Å². The number of amides is 1. The van der Waals surface area contributed by atoms with Crippen LogP contribution in [-0.2, 0) is 17.8 Å². The summed E-state index contributed by atoms with van der Waals surface area (Å²) in [5, 5.41) is 7.31. The van der Waals surface area contributed by atoms with Crippen LogP contribution in [0.5, 0.6) is 5.75 Å². The van der Waals surface area contributed by atoms with E-state index in [0.717, 1.165) is 50.1 Å². The average Bonchev–Trinajstić information content (AvgIpc) is 3.32. The summed E-state index contributed by atoms with van der Waals surface area (Å²) in [7, 11) is 1.64. The first-order chi connectivity index (χ1) is 16.1. The minimum atomic E-state index is 0.0676. The molecule has 3 aromatic rings. The van der Waals surface area contributed by atoms with Gasteiger partial charge in [0.15, 0.2) is 0 Å². The minimum absolute atomic E-state index is 0.0676. The maximum atomic E-state index is 12.7. The molecule has 1 fully saturated rings. The Bertz CT molecular complexity index is 1010. The van der Waals surface area contributed by atoms with Gasteiger partial charge in [0.05, 0.1) is 13.7 Å². The zero-order valence-corrected chi connectivity index (χ0v) is 19.4. The Labute approximate surface area is 195 Å². The van der Waals surface area contributed by atoms with Crippen LogP contribution in [0.25, 0.3) is 11.4 Å². The largest absolute Gasteiger partial charge is 0.497 e. The Morgan fingerprint density at radius 2 is 1.88 bits per heavy atom. The number of aryl methyl sites for hydroxylation is 1. The Balaban J connectivity index is 1.20. The molecule has 1 aromatic heterocycles. The first-order valence-corrected chi connectivity index (χ1v) is 11.6. The number of hydrogen-bond acceptors (Lipinski definition) is 6. The Hall–Kier alpha value is -3.19. The van der Waals surface area contributed by atoms with Gasteiger partial charge in [0.2, 0.25) is 17.6 Å². The molecule has 174 valence electrons. The zero-order valence-electron chi connectivity index (χ0n) is 19.4. The van der Waals surface area contributed by atoms with Gasteiger partial charge in [-0.25, -0.2) is 0 Å². The number of methoxy groups -OCH3 is 1. The number of aromatic nitrogens is 2. The first-order valence-electron chi connectivity index (χ1n) is 11.6. The Morgan fingerprint density at radius 1 is 1.15 bits per heavy atom. The molecule has 1 N–H and O–H groups in total. The topological polar surface area (TPSA) is 80.5 Å². The lowest BCUT2D eigenvalue weighted by Gasteiger charge is -2.30. The van der Waals surface area contributed by atoms with Crippen LogP contribution in [0.4, 0.5) is 0 Å². The van der Waals surface area contributed by atoms with Crippen LogP contribution in [0.2, 0.25) is 0 Å². The molecule has 1 amide bonds. The molecule has 0 spiro atoms. The summed E-state index contributed by atoms with van der Waals surface area (Å²) in [5.41, 5.74) is 2.20. The molecule has 1 saturated heterocycles. The molecule has 33 heavy (non-hydrogen) atoms. The summed E-state index contributed by atoms with van der Waals surface area (Å²) >= 11 is 0. The predicted molar refractivity (Wildman–Crippen MR) is 127 cm³/mol. The second kappa shape index (κ2) is 11.1. The molecule has 0 radical (unpaired) electrons. The lowest BCUT2D eigenvalue weighted by molar-refractivity contribution is -0.127. The van der Waals surface area contributed by atoms with Crippen molar-refractivity contribution in [3.05, 3.63) is 66.1 Å². The van der Waals surface area contributed by atoms with Gasteiger partial charge in [-0.1, -0.05) is 35.5 Å². The number of nitrogens with zero attached hydrogens (tertiary/aromatic N) is 3.